The van der Waals surface area contributed by atoms with Crippen LogP contribution in [0.4, 0.5) is 8.78 Å². The van der Waals surface area contributed by atoms with Crippen LogP contribution in [0.15, 0.2) is 23.1 Å². The fourth-order valence-corrected chi connectivity index (χ4v) is 4.10. The Kier molecular flexibility index (Phi) is 4.58. The zero-order valence-corrected chi connectivity index (χ0v) is 11.9. The van der Waals surface area contributed by atoms with Crippen LogP contribution < -0.4 is 0 Å². The van der Waals surface area contributed by atoms with Gasteiger partial charge >= 0.3 is 5.97 Å². The van der Waals surface area contributed by atoms with Gasteiger partial charge in [0.2, 0.25) is 10.0 Å². The summed E-state index contributed by atoms with van der Waals surface area (Å²) in [6.07, 6.45) is 0.954. The van der Waals surface area contributed by atoms with E-state index in [-0.39, 0.29) is 25.4 Å². The Balaban J connectivity index is 2.26. The monoisotopic (exact) mass is 319 g/mol. The van der Waals surface area contributed by atoms with Crippen LogP contribution in [0.1, 0.15) is 19.3 Å². The Labute approximate surface area is 121 Å². The molecule has 1 atom stereocenters. The van der Waals surface area contributed by atoms with Crippen molar-refractivity contribution in [3.05, 3.63) is 29.8 Å². The number of sulfonamides is 1. The number of hydrogen-bond acceptors (Lipinski definition) is 3. The van der Waals surface area contributed by atoms with Gasteiger partial charge in [0.1, 0.15) is 16.5 Å². The molecular formula is C13H15F2NO4S. The molecule has 0 saturated carbocycles. The summed E-state index contributed by atoms with van der Waals surface area (Å²) >= 11 is 0. The van der Waals surface area contributed by atoms with Crippen molar-refractivity contribution in [1.29, 1.82) is 0 Å². The molecule has 21 heavy (non-hydrogen) atoms. The molecular weight excluding hydrogens is 304 g/mol. The molecule has 5 nitrogen and oxygen atoms in total. The van der Waals surface area contributed by atoms with Crippen molar-refractivity contribution in [3.8, 4) is 0 Å². The summed E-state index contributed by atoms with van der Waals surface area (Å²) in [5, 5.41) is 8.77. The van der Waals surface area contributed by atoms with E-state index < -0.39 is 32.5 Å². The molecule has 1 aromatic carbocycles. The second kappa shape index (κ2) is 6.07. The topological polar surface area (TPSA) is 74.7 Å². The van der Waals surface area contributed by atoms with Gasteiger partial charge in [0.05, 0.1) is 0 Å². The number of hydrogen-bond donors (Lipinski definition) is 1. The van der Waals surface area contributed by atoms with Gasteiger partial charge in [-0.1, -0.05) is 0 Å². The molecule has 1 aromatic rings. The minimum absolute atomic E-state index is 0.00455. The van der Waals surface area contributed by atoms with Crippen LogP contribution in [0.25, 0.3) is 0 Å². The maximum Gasteiger partial charge on any atom is 0.303 e. The van der Waals surface area contributed by atoms with Crippen molar-refractivity contribution in [3.63, 3.8) is 0 Å². The third-order valence-electron chi connectivity index (χ3n) is 3.46. The maximum atomic E-state index is 13.7. The van der Waals surface area contributed by atoms with Crippen molar-refractivity contribution in [2.45, 2.75) is 24.2 Å². The zero-order chi connectivity index (χ0) is 15.6. The Hall–Kier alpha value is -1.54. The molecule has 1 unspecified atom stereocenters. The molecule has 1 heterocycles. The molecule has 0 bridgehead atoms. The maximum absolute atomic E-state index is 13.7. The molecule has 1 aliphatic rings. The van der Waals surface area contributed by atoms with E-state index in [1.807, 2.05) is 0 Å². The molecule has 0 aliphatic carbocycles. The van der Waals surface area contributed by atoms with Gasteiger partial charge in [0, 0.05) is 19.5 Å². The largest absolute Gasteiger partial charge is 0.481 e. The van der Waals surface area contributed by atoms with E-state index in [9.17, 15) is 22.0 Å². The number of carboxylic acids is 1. The number of rotatable bonds is 4. The lowest BCUT2D eigenvalue weighted by Crippen LogP contribution is -2.40. The zero-order valence-electron chi connectivity index (χ0n) is 11.1. The van der Waals surface area contributed by atoms with Gasteiger partial charge in [-0.2, -0.15) is 4.31 Å². The molecule has 8 heteroatoms. The molecule has 0 radical (unpaired) electrons. The van der Waals surface area contributed by atoms with Crippen molar-refractivity contribution in [2.24, 2.45) is 5.92 Å². The number of halogens is 2. The molecule has 1 aliphatic heterocycles. The molecule has 1 saturated heterocycles. The van der Waals surface area contributed by atoms with Crippen LogP contribution in [0.2, 0.25) is 0 Å². The lowest BCUT2D eigenvalue weighted by atomic mass is 9.96. The highest BCUT2D eigenvalue weighted by molar-refractivity contribution is 7.89. The second-order valence-corrected chi connectivity index (χ2v) is 6.95. The summed E-state index contributed by atoms with van der Waals surface area (Å²) in [6, 6.07) is 2.25. The predicted octanol–water partition coefficient (Wildman–Crippen LogP) is 1.84. The highest BCUT2D eigenvalue weighted by atomic mass is 32.2. The van der Waals surface area contributed by atoms with E-state index in [0.29, 0.717) is 18.9 Å². The average Bonchev–Trinajstić information content (AvgIpc) is 2.41. The van der Waals surface area contributed by atoms with Crippen molar-refractivity contribution in [2.75, 3.05) is 13.1 Å². The predicted molar refractivity (Wildman–Crippen MR) is 70.1 cm³/mol. The highest BCUT2D eigenvalue weighted by Crippen LogP contribution is 2.27. The van der Waals surface area contributed by atoms with Gasteiger partial charge < -0.3 is 5.11 Å². The van der Waals surface area contributed by atoms with Gasteiger partial charge in [-0.05, 0) is 37.0 Å². The lowest BCUT2D eigenvalue weighted by molar-refractivity contribution is -0.138. The van der Waals surface area contributed by atoms with Crippen LogP contribution in [-0.2, 0) is 14.8 Å². The fourth-order valence-electron chi connectivity index (χ4n) is 2.47. The summed E-state index contributed by atoms with van der Waals surface area (Å²) in [5.41, 5.74) is 0. The Morgan fingerprint density at radius 3 is 2.76 bits per heavy atom. The van der Waals surface area contributed by atoms with Crippen LogP contribution >= 0.6 is 0 Å². The van der Waals surface area contributed by atoms with E-state index in [0.717, 1.165) is 16.4 Å². The van der Waals surface area contributed by atoms with Crippen LogP contribution in [0.3, 0.4) is 0 Å². The summed E-state index contributed by atoms with van der Waals surface area (Å²) in [7, 11) is -4.16. The van der Waals surface area contributed by atoms with E-state index in [1.165, 1.54) is 0 Å². The summed E-state index contributed by atoms with van der Waals surface area (Å²) in [5.74, 6) is -3.18. The summed E-state index contributed by atoms with van der Waals surface area (Å²) < 4.78 is 52.6. The smallest absolute Gasteiger partial charge is 0.303 e. The number of carboxylic acid groups (broad SMARTS) is 1. The fraction of sp³-hybridized carbons (Fsp3) is 0.462. The minimum atomic E-state index is -4.16. The van der Waals surface area contributed by atoms with Crippen LogP contribution in [0, 0.1) is 17.6 Å². The first-order valence-corrected chi connectivity index (χ1v) is 7.91. The molecule has 1 N–H and O–H groups in total. The van der Waals surface area contributed by atoms with Crippen molar-refractivity contribution in [1.82, 2.24) is 4.31 Å². The molecule has 1 fully saturated rings. The molecule has 116 valence electrons. The first-order valence-electron chi connectivity index (χ1n) is 6.47. The van der Waals surface area contributed by atoms with Gasteiger partial charge in [0.25, 0.3) is 0 Å². The van der Waals surface area contributed by atoms with Gasteiger partial charge in [0.15, 0.2) is 0 Å². The summed E-state index contributed by atoms with van der Waals surface area (Å²) in [6.45, 7) is 0.180. The third-order valence-corrected chi connectivity index (χ3v) is 5.34. The lowest BCUT2D eigenvalue weighted by Gasteiger charge is -2.31. The third kappa shape index (κ3) is 3.56. The van der Waals surface area contributed by atoms with Crippen LogP contribution in [-0.4, -0.2) is 36.9 Å². The average molecular weight is 319 g/mol. The van der Waals surface area contributed by atoms with Gasteiger partial charge in [-0.15, -0.1) is 0 Å². The van der Waals surface area contributed by atoms with Crippen LogP contribution in [0.5, 0.6) is 0 Å². The van der Waals surface area contributed by atoms with Crippen molar-refractivity contribution < 1.29 is 27.1 Å². The van der Waals surface area contributed by atoms with Gasteiger partial charge in [-0.3, -0.25) is 4.79 Å². The number of piperidine rings is 1. The number of aliphatic carboxylic acids is 1. The highest BCUT2D eigenvalue weighted by Gasteiger charge is 2.33. The second-order valence-electron chi connectivity index (χ2n) is 5.04. The number of nitrogens with zero attached hydrogens (tertiary/aromatic N) is 1. The molecule has 0 aromatic heterocycles. The van der Waals surface area contributed by atoms with E-state index >= 15 is 0 Å². The molecule has 2 rings (SSSR count). The number of carbonyl (C=O) groups is 1. The Bertz CT molecular complexity index is 648. The normalized spacial score (nSPS) is 20.4. The SMILES string of the molecule is O=C(O)CC1CCCN(S(=O)(=O)c2cc(F)ccc2F)C1. The van der Waals surface area contributed by atoms with Crippen molar-refractivity contribution >= 4 is 16.0 Å². The van der Waals surface area contributed by atoms with E-state index in [1.54, 1.807) is 0 Å². The number of benzene rings is 1. The first kappa shape index (κ1) is 15.8. The Morgan fingerprint density at radius 1 is 1.38 bits per heavy atom. The molecule has 0 amide bonds. The minimum Gasteiger partial charge on any atom is -0.481 e. The first-order chi connectivity index (χ1) is 9.80. The summed E-state index contributed by atoms with van der Waals surface area (Å²) in [4.78, 5) is 10.0. The van der Waals surface area contributed by atoms with Gasteiger partial charge in [-0.25, -0.2) is 17.2 Å². The Morgan fingerprint density at radius 2 is 2.10 bits per heavy atom. The standard InChI is InChI=1S/C13H15F2NO4S/c14-10-3-4-11(15)12(7-10)21(19,20)16-5-1-2-9(8-16)6-13(17)18/h3-4,7,9H,1-2,5-6,8H2,(H,17,18). The molecule has 0 spiro atoms. The quantitative estimate of drug-likeness (QED) is 0.919. The van der Waals surface area contributed by atoms with E-state index in [2.05, 4.69) is 0 Å². The van der Waals surface area contributed by atoms with E-state index in [4.69, 9.17) is 5.11 Å².